The summed E-state index contributed by atoms with van der Waals surface area (Å²) in [6, 6.07) is 7.43. The van der Waals surface area contributed by atoms with Crippen LogP contribution in [0.1, 0.15) is 45.1 Å². The molecule has 1 aliphatic heterocycles. The summed E-state index contributed by atoms with van der Waals surface area (Å²) >= 11 is 0. The third-order valence-corrected chi connectivity index (χ3v) is 5.18. The molecule has 2 atom stereocenters. The number of piperidine rings is 1. The Morgan fingerprint density at radius 1 is 1.33 bits per heavy atom. The standard InChI is InChI=1S/C21H33N3O3/c1-4-5-11-22-21(26)18-9-7-12-24(15-18)16(2)20(25)23-14-17-8-6-10-19(13-17)27-3/h6,8,10,13,16,18H,4-5,7,9,11-12,14-15H2,1-3H3,(H,22,26)(H,23,25). The molecule has 0 spiro atoms. The largest absolute Gasteiger partial charge is 0.497 e. The van der Waals surface area contributed by atoms with Gasteiger partial charge >= 0.3 is 0 Å². The average molecular weight is 376 g/mol. The number of hydrogen-bond donors (Lipinski definition) is 2. The highest BCUT2D eigenvalue weighted by Crippen LogP contribution is 2.19. The van der Waals surface area contributed by atoms with Crippen molar-refractivity contribution in [2.45, 2.75) is 52.1 Å². The first-order valence-electron chi connectivity index (χ1n) is 9.97. The van der Waals surface area contributed by atoms with Gasteiger partial charge in [-0.2, -0.15) is 0 Å². The van der Waals surface area contributed by atoms with Gasteiger partial charge in [0, 0.05) is 19.6 Å². The molecule has 2 amide bonds. The molecule has 2 unspecified atom stereocenters. The Balaban J connectivity index is 1.83. The molecule has 0 aromatic heterocycles. The average Bonchev–Trinajstić information content (AvgIpc) is 2.71. The Labute approximate surface area is 162 Å². The van der Waals surface area contributed by atoms with Crippen LogP contribution in [0.25, 0.3) is 0 Å². The van der Waals surface area contributed by atoms with Crippen molar-refractivity contribution in [1.29, 1.82) is 0 Å². The summed E-state index contributed by atoms with van der Waals surface area (Å²) in [5.41, 5.74) is 1.00. The zero-order valence-corrected chi connectivity index (χ0v) is 16.8. The first-order valence-corrected chi connectivity index (χ1v) is 9.97. The molecule has 27 heavy (non-hydrogen) atoms. The Hall–Kier alpha value is -2.08. The van der Waals surface area contributed by atoms with Crippen molar-refractivity contribution >= 4 is 11.8 Å². The van der Waals surface area contributed by atoms with Gasteiger partial charge in [-0.25, -0.2) is 0 Å². The van der Waals surface area contributed by atoms with Crippen LogP contribution in [0.5, 0.6) is 5.75 Å². The molecule has 1 heterocycles. The fourth-order valence-corrected chi connectivity index (χ4v) is 3.39. The lowest BCUT2D eigenvalue weighted by Gasteiger charge is -2.35. The summed E-state index contributed by atoms with van der Waals surface area (Å²) in [4.78, 5) is 27.0. The van der Waals surface area contributed by atoms with Crippen molar-refractivity contribution in [3.05, 3.63) is 29.8 Å². The summed E-state index contributed by atoms with van der Waals surface area (Å²) in [5, 5.41) is 6.02. The lowest BCUT2D eigenvalue weighted by Crippen LogP contribution is -2.51. The molecule has 0 saturated carbocycles. The maximum absolute atomic E-state index is 12.6. The van der Waals surface area contributed by atoms with E-state index >= 15 is 0 Å². The van der Waals surface area contributed by atoms with Gasteiger partial charge in [-0.05, 0) is 50.4 Å². The number of ether oxygens (including phenoxy) is 1. The van der Waals surface area contributed by atoms with Gasteiger partial charge in [-0.15, -0.1) is 0 Å². The third kappa shape index (κ3) is 6.54. The van der Waals surface area contributed by atoms with Gasteiger partial charge in [-0.3, -0.25) is 14.5 Å². The van der Waals surface area contributed by atoms with Gasteiger partial charge in [0.2, 0.25) is 11.8 Å². The predicted molar refractivity (Wildman–Crippen MR) is 107 cm³/mol. The highest BCUT2D eigenvalue weighted by Gasteiger charge is 2.30. The van der Waals surface area contributed by atoms with Crippen molar-refractivity contribution in [3.8, 4) is 5.75 Å². The number of carbonyl (C=O) groups is 2. The van der Waals surface area contributed by atoms with E-state index < -0.39 is 0 Å². The molecule has 6 nitrogen and oxygen atoms in total. The Bertz CT molecular complexity index is 620. The fraction of sp³-hybridized carbons (Fsp3) is 0.619. The van der Waals surface area contributed by atoms with E-state index in [-0.39, 0.29) is 23.8 Å². The summed E-state index contributed by atoms with van der Waals surface area (Å²) in [7, 11) is 1.63. The van der Waals surface area contributed by atoms with E-state index in [1.54, 1.807) is 7.11 Å². The number of carbonyl (C=O) groups excluding carboxylic acids is 2. The monoisotopic (exact) mass is 375 g/mol. The van der Waals surface area contributed by atoms with Gasteiger partial charge in [0.05, 0.1) is 19.1 Å². The topological polar surface area (TPSA) is 70.7 Å². The summed E-state index contributed by atoms with van der Waals surface area (Å²) in [5.74, 6) is 0.869. The smallest absolute Gasteiger partial charge is 0.237 e. The molecular formula is C21H33N3O3. The van der Waals surface area contributed by atoms with Gasteiger partial charge in [-0.1, -0.05) is 25.5 Å². The first-order chi connectivity index (χ1) is 13.0. The van der Waals surface area contributed by atoms with Crippen LogP contribution in [0.4, 0.5) is 0 Å². The van der Waals surface area contributed by atoms with E-state index in [1.807, 2.05) is 31.2 Å². The van der Waals surface area contributed by atoms with Crippen molar-refractivity contribution < 1.29 is 14.3 Å². The number of rotatable bonds is 9. The molecule has 2 rings (SSSR count). The number of benzene rings is 1. The SMILES string of the molecule is CCCCNC(=O)C1CCCN(C(C)C(=O)NCc2cccc(OC)c2)C1. The van der Waals surface area contributed by atoms with Crippen molar-refractivity contribution in [1.82, 2.24) is 15.5 Å². The molecule has 150 valence electrons. The number of methoxy groups -OCH3 is 1. The molecule has 0 bridgehead atoms. The summed E-state index contributed by atoms with van der Waals surface area (Å²) in [6.07, 6.45) is 3.92. The van der Waals surface area contributed by atoms with Crippen LogP contribution >= 0.6 is 0 Å². The number of nitrogens with zero attached hydrogens (tertiary/aromatic N) is 1. The van der Waals surface area contributed by atoms with Crippen LogP contribution in [0.15, 0.2) is 24.3 Å². The Morgan fingerprint density at radius 2 is 2.15 bits per heavy atom. The molecule has 2 N–H and O–H groups in total. The molecule has 1 saturated heterocycles. The van der Waals surface area contributed by atoms with Crippen LogP contribution in [0.2, 0.25) is 0 Å². The van der Waals surface area contributed by atoms with Crippen LogP contribution in [0, 0.1) is 5.92 Å². The van der Waals surface area contributed by atoms with E-state index in [0.717, 1.165) is 50.1 Å². The number of nitrogens with one attached hydrogen (secondary N) is 2. The van der Waals surface area contributed by atoms with E-state index in [4.69, 9.17) is 4.74 Å². The Morgan fingerprint density at radius 3 is 2.89 bits per heavy atom. The highest BCUT2D eigenvalue weighted by atomic mass is 16.5. The minimum absolute atomic E-state index is 0.00939. The second kappa shape index (κ2) is 10.9. The van der Waals surface area contributed by atoms with Gasteiger partial charge < -0.3 is 15.4 Å². The fourth-order valence-electron chi connectivity index (χ4n) is 3.39. The van der Waals surface area contributed by atoms with E-state index in [1.165, 1.54) is 0 Å². The van der Waals surface area contributed by atoms with Crippen molar-refractivity contribution in [3.63, 3.8) is 0 Å². The number of amides is 2. The maximum Gasteiger partial charge on any atom is 0.237 e. The molecule has 0 radical (unpaired) electrons. The minimum Gasteiger partial charge on any atom is -0.497 e. The molecule has 1 aromatic carbocycles. The highest BCUT2D eigenvalue weighted by molar-refractivity contribution is 5.82. The zero-order chi connectivity index (χ0) is 19.6. The normalized spacial score (nSPS) is 18.6. The molecule has 6 heteroatoms. The summed E-state index contributed by atoms with van der Waals surface area (Å²) in [6.45, 7) is 6.73. The lowest BCUT2D eigenvalue weighted by atomic mass is 9.95. The molecule has 0 aliphatic carbocycles. The quantitative estimate of drug-likeness (QED) is 0.650. The van der Waals surface area contributed by atoms with E-state index in [2.05, 4.69) is 22.5 Å². The summed E-state index contributed by atoms with van der Waals surface area (Å²) < 4.78 is 5.21. The minimum atomic E-state index is -0.248. The van der Waals surface area contributed by atoms with Gasteiger partial charge in [0.25, 0.3) is 0 Å². The van der Waals surface area contributed by atoms with E-state index in [9.17, 15) is 9.59 Å². The third-order valence-electron chi connectivity index (χ3n) is 5.18. The van der Waals surface area contributed by atoms with Crippen LogP contribution in [-0.2, 0) is 16.1 Å². The van der Waals surface area contributed by atoms with Gasteiger partial charge in [0.1, 0.15) is 5.75 Å². The van der Waals surface area contributed by atoms with Crippen molar-refractivity contribution in [2.75, 3.05) is 26.7 Å². The molecule has 1 aromatic rings. The molecule has 1 aliphatic rings. The van der Waals surface area contributed by atoms with E-state index in [0.29, 0.717) is 13.1 Å². The number of likely N-dealkylation sites (tertiary alicyclic amines) is 1. The van der Waals surface area contributed by atoms with Crippen molar-refractivity contribution in [2.24, 2.45) is 5.92 Å². The van der Waals surface area contributed by atoms with Gasteiger partial charge in [0.15, 0.2) is 0 Å². The number of unbranched alkanes of at least 4 members (excludes halogenated alkanes) is 1. The first kappa shape index (κ1) is 21.2. The molecular weight excluding hydrogens is 342 g/mol. The van der Waals surface area contributed by atoms with Crippen LogP contribution < -0.4 is 15.4 Å². The predicted octanol–water partition coefficient (Wildman–Crippen LogP) is 2.33. The van der Waals surface area contributed by atoms with Crippen LogP contribution in [-0.4, -0.2) is 49.5 Å². The second-order valence-electron chi connectivity index (χ2n) is 7.22. The number of hydrogen-bond acceptors (Lipinski definition) is 4. The molecule has 1 fully saturated rings. The maximum atomic E-state index is 12.6. The Kier molecular flexibility index (Phi) is 8.58. The van der Waals surface area contributed by atoms with Crippen LogP contribution in [0.3, 0.4) is 0 Å². The lowest BCUT2D eigenvalue weighted by molar-refractivity contribution is -0.131. The zero-order valence-electron chi connectivity index (χ0n) is 16.8. The second-order valence-corrected chi connectivity index (χ2v) is 7.22.